The van der Waals surface area contributed by atoms with Crippen LogP contribution in [0.4, 0.5) is 10.1 Å². The molecule has 0 radical (unpaired) electrons. The molecule has 2 aromatic rings. The fourth-order valence-corrected chi connectivity index (χ4v) is 4.17. The van der Waals surface area contributed by atoms with Crippen molar-refractivity contribution < 1.29 is 14.2 Å². The Morgan fingerprint density at radius 1 is 1.04 bits per heavy atom. The number of aliphatic hydroxyl groups excluding tert-OH is 1. The molecule has 0 aromatic heterocycles. The molecule has 1 atom stereocenters. The Balaban J connectivity index is 0.00000196. The summed E-state index contributed by atoms with van der Waals surface area (Å²) in [6.07, 6.45) is -0.578. The number of nitrogens with zero attached hydrogens (tertiary/aromatic N) is 2. The normalized spacial score (nSPS) is 15.4. The quantitative estimate of drug-likeness (QED) is 0.553. The predicted molar refractivity (Wildman–Crippen MR) is 123 cm³/mol. The van der Waals surface area contributed by atoms with E-state index in [0.29, 0.717) is 18.0 Å². The Labute approximate surface area is 194 Å². The first-order chi connectivity index (χ1) is 12.5. The maximum Gasteiger partial charge on any atom is 0.146 e. The number of β-amino-alcohol motifs (C(OH)–C–C–N with tert-alkyl or cyclic N) is 1. The summed E-state index contributed by atoms with van der Waals surface area (Å²) in [6, 6.07) is 12.5. The van der Waals surface area contributed by atoms with E-state index in [1.165, 1.54) is 6.07 Å². The minimum Gasteiger partial charge on any atom is -0.490 e. The third-order valence-corrected chi connectivity index (χ3v) is 5.47. The van der Waals surface area contributed by atoms with Crippen LogP contribution in [0.15, 0.2) is 51.4 Å². The Hall–Kier alpha value is -0.570. The summed E-state index contributed by atoms with van der Waals surface area (Å²) in [5, 5.41) is 10.3. The number of ether oxygens (including phenoxy) is 1. The maximum atomic E-state index is 13.9. The smallest absolute Gasteiger partial charge is 0.146 e. The number of hydrogen-bond acceptors (Lipinski definition) is 4. The second-order valence-electron chi connectivity index (χ2n) is 6.28. The van der Waals surface area contributed by atoms with Gasteiger partial charge in [0.15, 0.2) is 0 Å². The van der Waals surface area contributed by atoms with Crippen molar-refractivity contribution in [2.24, 2.45) is 0 Å². The molecule has 3 rings (SSSR count). The van der Waals surface area contributed by atoms with Crippen molar-refractivity contribution in [2.45, 2.75) is 6.10 Å². The van der Waals surface area contributed by atoms with Gasteiger partial charge in [0.25, 0.3) is 0 Å². The van der Waals surface area contributed by atoms with Crippen LogP contribution >= 0.6 is 56.7 Å². The van der Waals surface area contributed by atoms with Gasteiger partial charge in [-0.15, -0.1) is 24.8 Å². The minimum absolute atomic E-state index is 0. The largest absolute Gasteiger partial charge is 0.490 e. The fourth-order valence-electron chi connectivity index (χ4n) is 3.01. The third-order valence-electron chi connectivity index (χ3n) is 4.36. The Morgan fingerprint density at radius 3 is 2.36 bits per heavy atom. The molecule has 156 valence electrons. The van der Waals surface area contributed by atoms with Crippen molar-refractivity contribution in [1.82, 2.24) is 4.90 Å². The van der Waals surface area contributed by atoms with Crippen molar-refractivity contribution in [3.63, 3.8) is 0 Å². The number of halogens is 5. The van der Waals surface area contributed by atoms with Crippen molar-refractivity contribution in [2.75, 3.05) is 44.2 Å². The van der Waals surface area contributed by atoms with Gasteiger partial charge in [0.2, 0.25) is 0 Å². The fraction of sp³-hybridized carbons (Fsp3) is 0.368. The standard InChI is InChI=1S/C19H21Br2FN2O2.2ClH/c20-14-5-6-19(16(21)11-14)26-13-15(25)12-23-7-9-24(10-8-23)18-4-2-1-3-17(18)22;;/h1-6,11,15,25H,7-10,12-13H2;2*1H. The van der Waals surface area contributed by atoms with E-state index >= 15 is 0 Å². The topological polar surface area (TPSA) is 35.9 Å². The molecule has 2 aromatic carbocycles. The molecule has 1 unspecified atom stereocenters. The molecule has 0 saturated carbocycles. The summed E-state index contributed by atoms with van der Waals surface area (Å²) in [5.41, 5.74) is 0.649. The SMILES string of the molecule is Cl.Cl.OC(COc1ccc(Br)cc1Br)CN1CCN(c2ccccc2F)CC1. The van der Waals surface area contributed by atoms with Crippen molar-refractivity contribution >= 4 is 62.4 Å². The lowest BCUT2D eigenvalue weighted by Crippen LogP contribution is -2.49. The average Bonchev–Trinajstić information content (AvgIpc) is 2.62. The van der Waals surface area contributed by atoms with Crippen LogP contribution in [0, 0.1) is 5.82 Å². The molecule has 0 amide bonds. The number of benzene rings is 2. The number of hydrogen-bond donors (Lipinski definition) is 1. The van der Waals surface area contributed by atoms with E-state index in [2.05, 4.69) is 36.8 Å². The van der Waals surface area contributed by atoms with Gasteiger partial charge in [0.1, 0.15) is 24.3 Å². The van der Waals surface area contributed by atoms with E-state index in [0.717, 1.165) is 35.1 Å². The number of anilines is 1. The second-order valence-corrected chi connectivity index (χ2v) is 8.05. The van der Waals surface area contributed by atoms with E-state index in [9.17, 15) is 9.50 Å². The molecule has 1 heterocycles. The van der Waals surface area contributed by atoms with E-state index in [1.807, 2.05) is 35.2 Å². The summed E-state index contributed by atoms with van der Waals surface area (Å²) in [5.74, 6) is 0.520. The van der Waals surface area contributed by atoms with Gasteiger partial charge in [-0.2, -0.15) is 0 Å². The summed E-state index contributed by atoms with van der Waals surface area (Å²) in [6.45, 7) is 3.83. The highest BCUT2D eigenvalue weighted by Gasteiger charge is 2.21. The molecule has 1 aliphatic heterocycles. The first-order valence-electron chi connectivity index (χ1n) is 8.50. The molecule has 0 aliphatic carbocycles. The van der Waals surface area contributed by atoms with Gasteiger partial charge < -0.3 is 14.7 Å². The van der Waals surface area contributed by atoms with Gasteiger partial charge >= 0.3 is 0 Å². The molecule has 0 bridgehead atoms. The zero-order valence-corrected chi connectivity index (χ0v) is 19.9. The van der Waals surface area contributed by atoms with Crippen LogP contribution < -0.4 is 9.64 Å². The van der Waals surface area contributed by atoms with E-state index < -0.39 is 6.10 Å². The second kappa shape index (κ2) is 12.2. The van der Waals surface area contributed by atoms with Gasteiger partial charge in [0, 0.05) is 37.2 Å². The molecular weight excluding hydrogens is 538 g/mol. The van der Waals surface area contributed by atoms with Crippen LogP contribution in [0.5, 0.6) is 5.75 Å². The monoisotopic (exact) mass is 558 g/mol. The van der Waals surface area contributed by atoms with Gasteiger partial charge in [-0.25, -0.2) is 4.39 Å². The highest BCUT2D eigenvalue weighted by atomic mass is 79.9. The van der Waals surface area contributed by atoms with Gasteiger partial charge in [0.05, 0.1) is 10.2 Å². The average molecular weight is 561 g/mol. The van der Waals surface area contributed by atoms with Crippen molar-refractivity contribution in [1.29, 1.82) is 0 Å². The molecule has 1 saturated heterocycles. The molecule has 9 heteroatoms. The number of piperazine rings is 1. The van der Waals surface area contributed by atoms with E-state index in [1.54, 1.807) is 6.07 Å². The number of rotatable bonds is 6. The lowest BCUT2D eigenvalue weighted by Gasteiger charge is -2.36. The van der Waals surface area contributed by atoms with Crippen LogP contribution in [0.3, 0.4) is 0 Å². The Bertz CT molecular complexity index is 750. The highest BCUT2D eigenvalue weighted by Crippen LogP contribution is 2.28. The van der Waals surface area contributed by atoms with Crippen LogP contribution in [-0.2, 0) is 0 Å². The predicted octanol–water partition coefficient (Wildman–Crippen LogP) is 4.76. The molecule has 1 N–H and O–H groups in total. The van der Waals surface area contributed by atoms with Crippen LogP contribution in [-0.4, -0.2) is 55.4 Å². The summed E-state index contributed by atoms with van der Waals surface area (Å²) in [7, 11) is 0. The van der Waals surface area contributed by atoms with Crippen LogP contribution in [0.2, 0.25) is 0 Å². The lowest BCUT2D eigenvalue weighted by molar-refractivity contribution is 0.0660. The van der Waals surface area contributed by atoms with Crippen LogP contribution in [0.1, 0.15) is 0 Å². The zero-order chi connectivity index (χ0) is 18.5. The first-order valence-corrected chi connectivity index (χ1v) is 10.1. The van der Waals surface area contributed by atoms with E-state index in [-0.39, 0.29) is 37.2 Å². The number of aliphatic hydroxyl groups is 1. The van der Waals surface area contributed by atoms with Crippen LogP contribution in [0.25, 0.3) is 0 Å². The molecular formula is C19H23Br2Cl2FN2O2. The zero-order valence-electron chi connectivity index (χ0n) is 15.1. The molecule has 4 nitrogen and oxygen atoms in total. The first kappa shape index (κ1) is 25.5. The van der Waals surface area contributed by atoms with Gasteiger partial charge in [-0.3, -0.25) is 4.90 Å². The third kappa shape index (κ3) is 7.04. The minimum atomic E-state index is -0.578. The summed E-state index contributed by atoms with van der Waals surface area (Å²) < 4.78 is 21.4. The van der Waals surface area contributed by atoms with Gasteiger partial charge in [-0.1, -0.05) is 28.1 Å². The Morgan fingerprint density at radius 2 is 1.71 bits per heavy atom. The molecule has 28 heavy (non-hydrogen) atoms. The Kier molecular flexibility index (Phi) is 11.1. The maximum absolute atomic E-state index is 13.9. The lowest BCUT2D eigenvalue weighted by atomic mass is 10.2. The van der Waals surface area contributed by atoms with Crippen molar-refractivity contribution in [3.8, 4) is 5.75 Å². The molecule has 0 spiro atoms. The molecule has 1 aliphatic rings. The highest BCUT2D eigenvalue weighted by molar-refractivity contribution is 9.11. The summed E-state index contributed by atoms with van der Waals surface area (Å²) in [4.78, 5) is 4.23. The summed E-state index contributed by atoms with van der Waals surface area (Å²) >= 11 is 6.85. The molecule has 1 fully saturated rings. The number of para-hydroxylation sites is 1. The van der Waals surface area contributed by atoms with Crippen molar-refractivity contribution in [3.05, 3.63) is 57.2 Å². The van der Waals surface area contributed by atoms with E-state index in [4.69, 9.17) is 4.74 Å². The van der Waals surface area contributed by atoms with Gasteiger partial charge in [-0.05, 0) is 46.3 Å².